The van der Waals surface area contributed by atoms with Crippen LogP contribution in [0.3, 0.4) is 0 Å². The Hall–Kier alpha value is -0.890. The van der Waals surface area contributed by atoms with Crippen molar-refractivity contribution in [3.8, 4) is 0 Å². The van der Waals surface area contributed by atoms with Crippen molar-refractivity contribution >= 4 is 0 Å². The van der Waals surface area contributed by atoms with Crippen LogP contribution >= 0.6 is 0 Å². The first-order valence-corrected chi connectivity index (χ1v) is 6.10. The van der Waals surface area contributed by atoms with Crippen molar-refractivity contribution in [2.24, 2.45) is 0 Å². The maximum Gasteiger partial charge on any atom is 0.126 e. The van der Waals surface area contributed by atoms with Crippen LogP contribution in [0.4, 0.5) is 4.39 Å². The Morgan fingerprint density at radius 3 is 2.56 bits per heavy atom. The van der Waals surface area contributed by atoms with Crippen molar-refractivity contribution in [1.82, 2.24) is 5.32 Å². The molecule has 1 saturated carbocycles. The molecular weight excluding hydrogens is 201 g/mol. The molecule has 0 spiro atoms. The van der Waals surface area contributed by atoms with Crippen molar-refractivity contribution in [3.05, 3.63) is 35.1 Å². The summed E-state index contributed by atoms with van der Waals surface area (Å²) in [5, 5.41) is 3.59. The quantitative estimate of drug-likeness (QED) is 0.822. The van der Waals surface area contributed by atoms with Crippen LogP contribution in [0, 0.1) is 12.7 Å². The van der Waals surface area contributed by atoms with Crippen molar-refractivity contribution in [3.63, 3.8) is 0 Å². The predicted octanol–water partition coefficient (Wildman–Crippen LogP) is 3.38. The lowest BCUT2D eigenvalue weighted by Crippen LogP contribution is -2.32. The molecule has 1 aliphatic carbocycles. The summed E-state index contributed by atoms with van der Waals surface area (Å²) in [6.45, 7) is 6.24. The Labute approximate surface area is 97.1 Å². The first kappa shape index (κ1) is 11.6. The summed E-state index contributed by atoms with van der Waals surface area (Å²) in [4.78, 5) is 0. The van der Waals surface area contributed by atoms with Gasteiger partial charge in [0.25, 0.3) is 0 Å². The standard InChI is InChI=1S/C14H20FN/c1-9-8-12(4-7-14(9)15)10(2)11(3)16-13-5-6-13/h4,7-8,10-11,13,16H,5-6H2,1-3H3. The van der Waals surface area contributed by atoms with E-state index in [9.17, 15) is 4.39 Å². The molecule has 0 aliphatic heterocycles. The average molecular weight is 221 g/mol. The number of benzene rings is 1. The Kier molecular flexibility index (Phi) is 3.29. The van der Waals surface area contributed by atoms with Gasteiger partial charge < -0.3 is 5.32 Å². The molecule has 88 valence electrons. The van der Waals surface area contributed by atoms with Crippen LogP contribution in [0.5, 0.6) is 0 Å². The molecule has 0 saturated heterocycles. The number of hydrogen-bond donors (Lipinski definition) is 1. The van der Waals surface area contributed by atoms with Gasteiger partial charge in [0, 0.05) is 12.1 Å². The third kappa shape index (κ3) is 2.62. The molecule has 1 aliphatic rings. The van der Waals surface area contributed by atoms with Gasteiger partial charge in [0.05, 0.1) is 0 Å². The highest BCUT2D eigenvalue weighted by molar-refractivity contribution is 5.27. The minimum atomic E-state index is -0.112. The van der Waals surface area contributed by atoms with E-state index >= 15 is 0 Å². The van der Waals surface area contributed by atoms with E-state index in [1.807, 2.05) is 19.1 Å². The molecule has 1 N–H and O–H groups in total. The third-order valence-electron chi connectivity index (χ3n) is 3.53. The Morgan fingerprint density at radius 1 is 1.31 bits per heavy atom. The highest BCUT2D eigenvalue weighted by Crippen LogP contribution is 2.25. The first-order chi connectivity index (χ1) is 7.58. The SMILES string of the molecule is Cc1cc(C(C)C(C)NC2CC2)ccc1F. The summed E-state index contributed by atoms with van der Waals surface area (Å²) in [5.74, 6) is 0.318. The number of nitrogens with one attached hydrogen (secondary N) is 1. The molecule has 2 atom stereocenters. The summed E-state index contributed by atoms with van der Waals surface area (Å²) in [5.41, 5.74) is 1.96. The van der Waals surface area contributed by atoms with Gasteiger partial charge in [0.1, 0.15) is 5.82 Å². The molecule has 1 fully saturated rings. The smallest absolute Gasteiger partial charge is 0.126 e. The fraction of sp³-hybridized carbons (Fsp3) is 0.571. The van der Waals surface area contributed by atoms with E-state index in [4.69, 9.17) is 0 Å². The van der Waals surface area contributed by atoms with Crippen LogP contribution in [0.25, 0.3) is 0 Å². The number of rotatable bonds is 4. The minimum Gasteiger partial charge on any atom is -0.311 e. The molecule has 0 heterocycles. The molecule has 0 bridgehead atoms. The Morgan fingerprint density at radius 2 is 2.00 bits per heavy atom. The number of halogens is 1. The fourth-order valence-corrected chi connectivity index (χ4v) is 2.01. The number of aryl methyl sites for hydroxylation is 1. The zero-order chi connectivity index (χ0) is 11.7. The Balaban J connectivity index is 2.06. The lowest BCUT2D eigenvalue weighted by molar-refractivity contribution is 0.477. The Bertz CT molecular complexity index is 371. The van der Waals surface area contributed by atoms with Gasteiger partial charge in [-0.2, -0.15) is 0 Å². The highest BCUT2D eigenvalue weighted by Gasteiger charge is 2.25. The second kappa shape index (κ2) is 4.54. The van der Waals surface area contributed by atoms with Crippen LogP contribution in [0.1, 0.15) is 43.7 Å². The second-order valence-corrected chi connectivity index (χ2v) is 5.03. The zero-order valence-corrected chi connectivity index (χ0v) is 10.3. The maximum atomic E-state index is 13.2. The molecule has 2 heteroatoms. The van der Waals surface area contributed by atoms with E-state index in [0.29, 0.717) is 12.0 Å². The molecule has 16 heavy (non-hydrogen) atoms. The van der Waals surface area contributed by atoms with Crippen molar-refractivity contribution in [2.75, 3.05) is 0 Å². The average Bonchev–Trinajstić information content (AvgIpc) is 3.05. The van der Waals surface area contributed by atoms with E-state index in [-0.39, 0.29) is 5.82 Å². The van der Waals surface area contributed by atoms with Crippen LogP contribution in [0.15, 0.2) is 18.2 Å². The van der Waals surface area contributed by atoms with E-state index in [2.05, 4.69) is 19.2 Å². The van der Waals surface area contributed by atoms with Crippen LogP contribution in [0.2, 0.25) is 0 Å². The van der Waals surface area contributed by atoms with Gasteiger partial charge in [-0.15, -0.1) is 0 Å². The van der Waals surface area contributed by atoms with Gasteiger partial charge in [-0.3, -0.25) is 0 Å². The van der Waals surface area contributed by atoms with E-state index in [1.165, 1.54) is 18.4 Å². The minimum absolute atomic E-state index is 0.112. The topological polar surface area (TPSA) is 12.0 Å². The molecule has 1 aromatic carbocycles. The van der Waals surface area contributed by atoms with E-state index in [1.54, 1.807) is 6.07 Å². The summed E-state index contributed by atoms with van der Waals surface area (Å²) < 4.78 is 13.2. The van der Waals surface area contributed by atoms with Crippen LogP contribution < -0.4 is 5.32 Å². The molecule has 2 unspecified atom stereocenters. The van der Waals surface area contributed by atoms with Gasteiger partial charge in [-0.1, -0.05) is 19.1 Å². The summed E-state index contributed by atoms with van der Waals surface area (Å²) >= 11 is 0. The molecular formula is C14H20FN. The van der Waals surface area contributed by atoms with Crippen molar-refractivity contribution in [1.29, 1.82) is 0 Å². The van der Waals surface area contributed by atoms with Crippen molar-refractivity contribution in [2.45, 2.75) is 51.6 Å². The van der Waals surface area contributed by atoms with E-state index in [0.717, 1.165) is 11.6 Å². The van der Waals surface area contributed by atoms with E-state index < -0.39 is 0 Å². The third-order valence-corrected chi connectivity index (χ3v) is 3.53. The molecule has 1 aromatic rings. The van der Waals surface area contributed by atoms with Gasteiger partial charge in [-0.05, 0) is 49.8 Å². The van der Waals surface area contributed by atoms with Crippen LogP contribution in [-0.4, -0.2) is 12.1 Å². The van der Waals surface area contributed by atoms with Gasteiger partial charge in [0.15, 0.2) is 0 Å². The predicted molar refractivity (Wildman–Crippen MR) is 65.2 cm³/mol. The zero-order valence-electron chi connectivity index (χ0n) is 10.3. The van der Waals surface area contributed by atoms with Crippen LogP contribution in [-0.2, 0) is 0 Å². The van der Waals surface area contributed by atoms with Gasteiger partial charge in [-0.25, -0.2) is 4.39 Å². The molecule has 0 amide bonds. The summed E-state index contributed by atoms with van der Waals surface area (Å²) in [7, 11) is 0. The monoisotopic (exact) mass is 221 g/mol. The molecule has 0 aromatic heterocycles. The van der Waals surface area contributed by atoms with Crippen molar-refractivity contribution < 1.29 is 4.39 Å². The van der Waals surface area contributed by atoms with Gasteiger partial charge >= 0.3 is 0 Å². The summed E-state index contributed by atoms with van der Waals surface area (Å²) in [6, 6.07) is 6.62. The lowest BCUT2D eigenvalue weighted by atomic mass is 9.93. The second-order valence-electron chi connectivity index (χ2n) is 5.03. The first-order valence-electron chi connectivity index (χ1n) is 6.10. The maximum absolute atomic E-state index is 13.2. The largest absolute Gasteiger partial charge is 0.311 e. The molecule has 1 nitrogen and oxygen atoms in total. The normalized spacial score (nSPS) is 19.5. The van der Waals surface area contributed by atoms with Gasteiger partial charge in [0.2, 0.25) is 0 Å². The summed E-state index contributed by atoms with van der Waals surface area (Å²) in [6.07, 6.45) is 2.61. The number of hydrogen-bond acceptors (Lipinski definition) is 1. The molecule has 0 radical (unpaired) electrons. The lowest BCUT2D eigenvalue weighted by Gasteiger charge is -2.22. The fourth-order valence-electron chi connectivity index (χ4n) is 2.01. The molecule has 2 rings (SSSR count). The highest BCUT2D eigenvalue weighted by atomic mass is 19.1.